The molecule has 3 amide bonds. The standard InChI is InChI=1S/C23H29N3O2/c1-3-17-9-11-18(12-10-17)15-25-22(27)20-7-4-6-19(14-20)21-8-5-13-26(16-21)23(28)24-2/h4,6-7,9-12,14,21H,3,5,8,13,15-16H2,1-2H3,(H,24,28)(H,25,27). The lowest BCUT2D eigenvalue weighted by Crippen LogP contribution is -2.43. The highest BCUT2D eigenvalue weighted by Crippen LogP contribution is 2.27. The first-order valence-corrected chi connectivity index (χ1v) is 10.0. The van der Waals surface area contributed by atoms with Crippen LogP contribution >= 0.6 is 0 Å². The molecule has 2 aromatic rings. The van der Waals surface area contributed by atoms with Crippen LogP contribution in [0.2, 0.25) is 0 Å². The van der Waals surface area contributed by atoms with Crippen LogP contribution in [0, 0.1) is 0 Å². The molecule has 0 bridgehead atoms. The third kappa shape index (κ3) is 4.91. The zero-order valence-electron chi connectivity index (χ0n) is 16.7. The molecule has 0 aromatic heterocycles. The molecule has 2 N–H and O–H groups in total. The first-order chi connectivity index (χ1) is 13.6. The van der Waals surface area contributed by atoms with Crippen molar-refractivity contribution in [3.63, 3.8) is 0 Å². The van der Waals surface area contributed by atoms with Gasteiger partial charge in [-0.3, -0.25) is 4.79 Å². The monoisotopic (exact) mass is 379 g/mol. The molecule has 1 heterocycles. The number of carbonyl (C=O) groups is 2. The van der Waals surface area contributed by atoms with Crippen LogP contribution in [0.15, 0.2) is 48.5 Å². The Morgan fingerprint density at radius 1 is 1.11 bits per heavy atom. The SMILES string of the molecule is CCc1ccc(CNC(=O)c2cccc(C3CCCN(C(=O)NC)C3)c2)cc1. The summed E-state index contributed by atoms with van der Waals surface area (Å²) in [6.07, 6.45) is 3.02. The van der Waals surface area contributed by atoms with E-state index in [1.807, 2.05) is 23.1 Å². The minimum Gasteiger partial charge on any atom is -0.348 e. The van der Waals surface area contributed by atoms with Gasteiger partial charge in [0.05, 0.1) is 0 Å². The van der Waals surface area contributed by atoms with Gasteiger partial charge < -0.3 is 15.5 Å². The zero-order valence-corrected chi connectivity index (χ0v) is 16.7. The van der Waals surface area contributed by atoms with E-state index >= 15 is 0 Å². The Labute approximate surface area is 167 Å². The topological polar surface area (TPSA) is 61.4 Å². The zero-order chi connectivity index (χ0) is 19.9. The second-order valence-corrected chi connectivity index (χ2v) is 7.32. The predicted molar refractivity (Wildman–Crippen MR) is 111 cm³/mol. The van der Waals surface area contributed by atoms with Gasteiger partial charge >= 0.3 is 6.03 Å². The van der Waals surface area contributed by atoms with Crippen molar-refractivity contribution in [1.29, 1.82) is 0 Å². The van der Waals surface area contributed by atoms with Crippen molar-refractivity contribution < 1.29 is 9.59 Å². The van der Waals surface area contributed by atoms with Crippen LogP contribution in [-0.4, -0.2) is 37.0 Å². The van der Waals surface area contributed by atoms with Gasteiger partial charge in [0.1, 0.15) is 0 Å². The lowest BCUT2D eigenvalue weighted by molar-refractivity contribution is 0.0950. The number of carbonyl (C=O) groups excluding carboxylic acids is 2. The van der Waals surface area contributed by atoms with E-state index in [9.17, 15) is 9.59 Å². The average Bonchev–Trinajstić information content (AvgIpc) is 2.77. The summed E-state index contributed by atoms with van der Waals surface area (Å²) in [5.41, 5.74) is 4.17. The summed E-state index contributed by atoms with van der Waals surface area (Å²) in [4.78, 5) is 26.4. The number of rotatable bonds is 5. The van der Waals surface area contributed by atoms with Crippen LogP contribution in [0.4, 0.5) is 4.79 Å². The van der Waals surface area contributed by atoms with E-state index in [-0.39, 0.29) is 17.9 Å². The Bertz CT molecular complexity index is 817. The maximum absolute atomic E-state index is 12.6. The molecule has 0 saturated carbocycles. The molecule has 28 heavy (non-hydrogen) atoms. The Hall–Kier alpha value is -2.82. The fourth-order valence-electron chi connectivity index (χ4n) is 3.70. The number of hydrogen-bond donors (Lipinski definition) is 2. The van der Waals surface area contributed by atoms with Crippen LogP contribution in [0.1, 0.15) is 52.7 Å². The number of hydrogen-bond acceptors (Lipinski definition) is 2. The molecule has 3 rings (SSSR count). The minimum atomic E-state index is -0.0691. The van der Waals surface area contributed by atoms with E-state index in [2.05, 4.69) is 47.9 Å². The maximum Gasteiger partial charge on any atom is 0.317 e. The number of nitrogens with one attached hydrogen (secondary N) is 2. The average molecular weight is 380 g/mol. The van der Waals surface area contributed by atoms with Crippen LogP contribution in [-0.2, 0) is 13.0 Å². The second kappa shape index (κ2) is 9.40. The number of benzene rings is 2. The van der Waals surface area contributed by atoms with Gasteiger partial charge in [0.15, 0.2) is 0 Å². The number of urea groups is 1. The van der Waals surface area contributed by atoms with E-state index < -0.39 is 0 Å². The molecule has 1 aliphatic rings. The number of amides is 3. The maximum atomic E-state index is 12.6. The summed E-state index contributed by atoms with van der Waals surface area (Å²) in [5.74, 6) is 0.195. The highest BCUT2D eigenvalue weighted by molar-refractivity contribution is 5.94. The summed E-state index contributed by atoms with van der Waals surface area (Å²) in [5, 5.41) is 5.70. The molecule has 1 atom stereocenters. The highest BCUT2D eigenvalue weighted by atomic mass is 16.2. The smallest absolute Gasteiger partial charge is 0.317 e. The Balaban J connectivity index is 1.63. The van der Waals surface area contributed by atoms with E-state index in [0.29, 0.717) is 18.7 Å². The quantitative estimate of drug-likeness (QED) is 0.832. The van der Waals surface area contributed by atoms with Crippen molar-refractivity contribution in [3.8, 4) is 0 Å². The van der Waals surface area contributed by atoms with Crippen LogP contribution in [0.25, 0.3) is 0 Å². The molecule has 5 nitrogen and oxygen atoms in total. The van der Waals surface area contributed by atoms with Gasteiger partial charge in [0.25, 0.3) is 5.91 Å². The van der Waals surface area contributed by atoms with Crippen molar-refractivity contribution in [2.75, 3.05) is 20.1 Å². The summed E-state index contributed by atoms with van der Waals surface area (Å²) in [6.45, 7) is 4.12. The molecule has 148 valence electrons. The predicted octanol–water partition coefficient (Wildman–Crippen LogP) is 3.70. The largest absolute Gasteiger partial charge is 0.348 e. The Kier molecular flexibility index (Phi) is 6.69. The van der Waals surface area contributed by atoms with E-state index in [4.69, 9.17) is 0 Å². The first kappa shape index (κ1) is 19.9. The number of nitrogens with zero attached hydrogens (tertiary/aromatic N) is 1. The van der Waals surface area contributed by atoms with Crippen molar-refractivity contribution in [2.24, 2.45) is 0 Å². The summed E-state index contributed by atoms with van der Waals surface area (Å²) >= 11 is 0. The van der Waals surface area contributed by atoms with Gasteiger partial charge in [-0.05, 0) is 48.1 Å². The molecule has 1 aliphatic heterocycles. The summed E-state index contributed by atoms with van der Waals surface area (Å²) in [6, 6.07) is 16.1. The van der Waals surface area contributed by atoms with Gasteiger partial charge in [0.2, 0.25) is 0 Å². The molecule has 1 saturated heterocycles. The Morgan fingerprint density at radius 3 is 2.57 bits per heavy atom. The number of piperidine rings is 1. The lowest BCUT2D eigenvalue weighted by atomic mass is 9.89. The molecule has 1 fully saturated rings. The van der Waals surface area contributed by atoms with Gasteiger partial charge in [0, 0.05) is 38.2 Å². The third-order valence-corrected chi connectivity index (χ3v) is 5.43. The molecule has 2 aromatic carbocycles. The van der Waals surface area contributed by atoms with Crippen LogP contribution in [0.5, 0.6) is 0 Å². The number of aryl methyl sites for hydroxylation is 1. The van der Waals surface area contributed by atoms with E-state index in [0.717, 1.165) is 36.9 Å². The lowest BCUT2D eigenvalue weighted by Gasteiger charge is -2.32. The minimum absolute atomic E-state index is 0.0345. The van der Waals surface area contributed by atoms with Crippen molar-refractivity contribution >= 4 is 11.9 Å². The third-order valence-electron chi connectivity index (χ3n) is 5.43. The van der Waals surface area contributed by atoms with Crippen LogP contribution < -0.4 is 10.6 Å². The fraction of sp³-hybridized carbons (Fsp3) is 0.391. The molecule has 5 heteroatoms. The summed E-state index contributed by atoms with van der Waals surface area (Å²) in [7, 11) is 1.66. The molecule has 0 radical (unpaired) electrons. The van der Waals surface area contributed by atoms with Gasteiger partial charge in [-0.1, -0.05) is 43.3 Å². The fourth-order valence-corrected chi connectivity index (χ4v) is 3.70. The summed E-state index contributed by atoms with van der Waals surface area (Å²) < 4.78 is 0. The normalized spacial score (nSPS) is 16.5. The number of likely N-dealkylation sites (tertiary alicyclic amines) is 1. The van der Waals surface area contributed by atoms with Gasteiger partial charge in [-0.2, -0.15) is 0 Å². The molecule has 1 unspecified atom stereocenters. The van der Waals surface area contributed by atoms with E-state index in [1.165, 1.54) is 5.56 Å². The molecule has 0 spiro atoms. The van der Waals surface area contributed by atoms with Crippen molar-refractivity contribution in [1.82, 2.24) is 15.5 Å². The van der Waals surface area contributed by atoms with Gasteiger partial charge in [-0.25, -0.2) is 4.79 Å². The van der Waals surface area contributed by atoms with Crippen molar-refractivity contribution in [2.45, 2.75) is 38.6 Å². The van der Waals surface area contributed by atoms with Crippen molar-refractivity contribution in [3.05, 3.63) is 70.8 Å². The van der Waals surface area contributed by atoms with E-state index in [1.54, 1.807) is 7.05 Å². The van der Waals surface area contributed by atoms with Crippen LogP contribution in [0.3, 0.4) is 0 Å². The second-order valence-electron chi connectivity index (χ2n) is 7.32. The molecule has 0 aliphatic carbocycles. The molecular formula is C23H29N3O2. The highest BCUT2D eigenvalue weighted by Gasteiger charge is 2.24. The Morgan fingerprint density at radius 2 is 1.86 bits per heavy atom. The van der Waals surface area contributed by atoms with Gasteiger partial charge in [-0.15, -0.1) is 0 Å². The molecular weight excluding hydrogens is 350 g/mol. The first-order valence-electron chi connectivity index (χ1n) is 10.0.